The van der Waals surface area contributed by atoms with Crippen LogP contribution in [0.2, 0.25) is 5.02 Å². The first-order chi connectivity index (χ1) is 14.0. The molecule has 1 aromatic heterocycles. The van der Waals surface area contributed by atoms with E-state index in [9.17, 15) is 9.59 Å². The van der Waals surface area contributed by atoms with Crippen molar-refractivity contribution in [3.8, 4) is 11.5 Å². The molecule has 1 N–H and O–H groups in total. The fourth-order valence-electron chi connectivity index (χ4n) is 2.43. The number of rotatable bonds is 7. The van der Waals surface area contributed by atoms with Crippen LogP contribution in [0.25, 0.3) is 11.0 Å². The molecule has 2 aromatic carbocycles. The third-order valence-electron chi connectivity index (χ3n) is 3.84. The number of hydrogen-bond acceptors (Lipinski definition) is 7. The number of nitrogens with zero attached hydrogens (tertiary/aromatic N) is 1. The van der Waals surface area contributed by atoms with Gasteiger partial charge in [-0.3, -0.25) is 4.79 Å². The Balaban J connectivity index is 1.65. The molecule has 1 heterocycles. The molecular weight excluding hydrogens is 400 g/mol. The third-order valence-corrected chi connectivity index (χ3v) is 4.08. The predicted molar refractivity (Wildman–Crippen MR) is 107 cm³/mol. The molecule has 1 amide bonds. The SMILES string of the molecule is COC(=O)COc1ccc(/C=N/NC(=O)c2cc3cc(Cl)ccc3o2)cc1OC. The minimum atomic E-state index is -0.506. The molecule has 3 aromatic rings. The summed E-state index contributed by atoms with van der Waals surface area (Å²) in [5, 5.41) is 5.19. The van der Waals surface area contributed by atoms with Crippen LogP contribution >= 0.6 is 11.6 Å². The van der Waals surface area contributed by atoms with Gasteiger partial charge in [0, 0.05) is 10.4 Å². The Bertz CT molecular complexity index is 1080. The van der Waals surface area contributed by atoms with E-state index in [1.54, 1.807) is 42.5 Å². The van der Waals surface area contributed by atoms with Gasteiger partial charge in [-0.15, -0.1) is 0 Å². The molecule has 0 saturated heterocycles. The van der Waals surface area contributed by atoms with Gasteiger partial charge in [0.2, 0.25) is 0 Å². The van der Waals surface area contributed by atoms with Gasteiger partial charge in [-0.05, 0) is 48.0 Å². The zero-order valence-electron chi connectivity index (χ0n) is 15.6. The number of carbonyl (C=O) groups is 2. The van der Waals surface area contributed by atoms with Crippen LogP contribution in [0.15, 0.2) is 52.0 Å². The van der Waals surface area contributed by atoms with Gasteiger partial charge < -0.3 is 18.6 Å². The van der Waals surface area contributed by atoms with E-state index in [2.05, 4.69) is 15.3 Å². The highest BCUT2D eigenvalue weighted by Crippen LogP contribution is 2.27. The normalized spacial score (nSPS) is 10.9. The minimum absolute atomic E-state index is 0.114. The number of hydrazone groups is 1. The quantitative estimate of drug-likeness (QED) is 0.360. The van der Waals surface area contributed by atoms with Gasteiger partial charge in [-0.25, -0.2) is 10.2 Å². The van der Waals surface area contributed by atoms with Crippen molar-refractivity contribution < 1.29 is 28.2 Å². The molecule has 29 heavy (non-hydrogen) atoms. The molecule has 0 spiro atoms. The number of halogens is 1. The third kappa shape index (κ3) is 5.05. The van der Waals surface area contributed by atoms with Crippen molar-refractivity contribution in [2.45, 2.75) is 0 Å². The molecule has 8 nitrogen and oxygen atoms in total. The molecule has 0 radical (unpaired) electrons. The van der Waals surface area contributed by atoms with Gasteiger partial charge in [-0.2, -0.15) is 5.10 Å². The largest absolute Gasteiger partial charge is 0.493 e. The Morgan fingerprint density at radius 3 is 2.72 bits per heavy atom. The van der Waals surface area contributed by atoms with Crippen molar-refractivity contribution in [3.63, 3.8) is 0 Å². The number of hydrogen-bond donors (Lipinski definition) is 1. The molecule has 0 aliphatic carbocycles. The number of amides is 1. The molecule has 3 rings (SSSR count). The van der Waals surface area contributed by atoms with Crippen LogP contribution in [0.1, 0.15) is 16.1 Å². The van der Waals surface area contributed by atoms with Gasteiger partial charge >= 0.3 is 11.9 Å². The molecule has 150 valence electrons. The Hall–Kier alpha value is -3.52. The monoisotopic (exact) mass is 416 g/mol. The van der Waals surface area contributed by atoms with Crippen LogP contribution in [-0.2, 0) is 9.53 Å². The summed E-state index contributed by atoms with van der Waals surface area (Å²) in [5.41, 5.74) is 3.59. The van der Waals surface area contributed by atoms with E-state index < -0.39 is 11.9 Å². The lowest BCUT2D eigenvalue weighted by Crippen LogP contribution is -2.16. The van der Waals surface area contributed by atoms with E-state index in [0.29, 0.717) is 27.7 Å². The number of esters is 1. The van der Waals surface area contributed by atoms with Crippen LogP contribution in [0.5, 0.6) is 11.5 Å². The summed E-state index contributed by atoms with van der Waals surface area (Å²) < 4.78 is 20.6. The van der Waals surface area contributed by atoms with E-state index >= 15 is 0 Å². The molecule has 0 aliphatic heterocycles. The summed E-state index contributed by atoms with van der Waals surface area (Å²) in [5.74, 6) is -0.117. The van der Waals surface area contributed by atoms with Crippen molar-refractivity contribution in [3.05, 3.63) is 58.8 Å². The number of ether oxygens (including phenoxy) is 3. The van der Waals surface area contributed by atoms with Crippen molar-refractivity contribution in [2.75, 3.05) is 20.8 Å². The molecule has 0 saturated carbocycles. The first-order valence-corrected chi connectivity index (χ1v) is 8.78. The number of furan rings is 1. The lowest BCUT2D eigenvalue weighted by molar-refractivity contribution is -0.142. The van der Waals surface area contributed by atoms with E-state index in [1.807, 2.05) is 0 Å². The van der Waals surface area contributed by atoms with E-state index in [0.717, 1.165) is 5.39 Å². The van der Waals surface area contributed by atoms with E-state index in [-0.39, 0.29) is 12.4 Å². The predicted octanol–water partition coefficient (Wildman–Crippen LogP) is 3.41. The summed E-state index contributed by atoms with van der Waals surface area (Å²) in [7, 11) is 2.74. The maximum atomic E-state index is 12.2. The van der Waals surface area contributed by atoms with Gasteiger partial charge in [0.1, 0.15) is 5.58 Å². The molecule has 0 atom stereocenters. The van der Waals surface area contributed by atoms with Crippen LogP contribution in [0, 0.1) is 0 Å². The second kappa shape index (κ2) is 9.11. The summed E-state index contributed by atoms with van der Waals surface area (Å²) in [6.07, 6.45) is 1.43. The smallest absolute Gasteiger partial charge is 0.343 e. The summed E-state index contributed by atoms with van der Waals surface area (Å²) in [6.45, 7) is -0.237. The number of methoxy groups -OCH3 is 2. The maximum Gasteiger partial charge on any atom is 0.343 e. The highest BCUT2D eigenvalue weighted by Gasteiger charge is 2.12. The minimum Gasteiger partial charge on any atom is -0.493 e. The fraction of sp³-hybridized carbons (Fsp3) is 0.150. The zero-order valence-corrected chi connectivity index (χ0v) is 16.4. The number of carbonyl (C=O) groups excluding carboxylic acids is 2. The summed E-state index contributed by atoms with van der Waals surface area (Å²) >= 11 is 5.93. The second-order valence-corrected chi connectivity index (χ2v) is 6.20. The van der Waals surface area contributed by atoms with Crippen LogP contribution < -0.4 is 14.9 Å². The Morgan fingerprint density at radius 2 is 1.97 bits per heavy atom. The van der Waals surface area contributed by atoms with Crippen molar-refractivity contribution >= 4 is 40.7 Å². The van der Waals surface area contributed by atoms with Gasteiger partial charge in [-0.1, -0.05) is 11.6 Å². The molecule has 0 bridgehead atoms. The van der Waals surface area contributed by atoms with Gasteiger partial charge in [0.25, 0.3) is 0 Å². The van der Waals surface area contributed by atoms with E-state index in [1.165, 1.54) is 20.4 Å². The highest BCUT2D eigenvalue weighted by molar-refractivity contribution is 6.31. The first kappa shape index (κ1) is 20.2. The summed E-state index contributed by atoms with van der Waals surface area (Å²) in [4.78, 5) is 23.4. The fourth-order valence-corrected chi connectivity index (χ4v) is 2.61. The van der Waals surface area contributed by atoms with Gasteiger partial charge in [0.05, 0.1) is 20.4 Å². The second-order valence-electron chi connectivity index (χ2n) is 5.77. The number of fused-ring (bicyclic) bond motifs is 1. The number of nitrogens with one attached hydrogen (secondary N) is 1. The average molecular weight is 417 g/mol. The van der Waals surface area contributed by atoms with Crippen LogP contribution in [0.3, 0.4) is 0 Å². The molecule has 0 fully saturated rings. The topological polar surface area (TPSA) is 99.4 Å². The highest BCUT2D eigenvalue weighted by atomic mass is 35.5. The summed E-state index contributed by atoms with van der Waals surface area (Å²) in [6, 6.07) is 11.6. The lowest BCUT2D eigenvalue weighted by atomic mass is 10.2. The first-order valence-electron chi connectivity index (χ1n) is 8.40. The van der Waals surface area contributed by atoms with Crippen LogP contribution in [-0.4, -0.2) is 38.9 Å². The maximum absolute atomic E-state index is 12.2. The van der Waals surface area contributed by atoms with Crippen LogP contribution in [0.4, 0.5) is 0 Å². The average Bonchev–Trinajstić information content (AvgIpc) is 3.15. The zero-order chi connectivity index (χ0) is 20.8. The van der Waals surface area contributed by atoms with Crippen molar-refractivity contribution in [2.24, 2.45) is 5.10 Å². The lowest BCUT2D eigenvalue weighted by Gasteiger charge is -2.10. The van der Waals surface area contributed by atoms with Crippen molar-refractivity contribution in [1.29, 1.82) is 0 Å². The Kier molecular flexibility index (Phi) is 6.36. The molecule has 0 unspecified atom stereocenters. The van der Waals surface area contributed by atoms with Gasteiger partial charge in [0.15, 0.2) is 23.9 Å². The Morgan fingerprint density at radius 1 is 1.14 bits per heavy atom. The van der Waals surface area contributed by atoms with E-state index in [4.69, 9.17) is 25.5 Å². The Labute approximate surface area is 171 Å². The molecule has 0 aliphatic rings. The molecular formula is C20H17ClN2O6. The number of benzene rings is 2. The standard InChI is InChI=1S/C20H17ClN2O6/c1-26-17-7-12(3-5-16(17)28-11-19(24)27-2)10-22-23-20(25)18-9-13-8-14(21)4-6-15(13)29-18/h3-10H,11H2,1-2H3,(H,23,25)/b22-10+. The molecule has 9 heteroatoms. The van der Waals surface area contributed by atoms with Crippen molar-refractivity contribution in [1.82, 2.24) is 5.43 Å².